The summed E-state index contributed by atoms with van der Waals surface area (Å²) in [6, 6.07) is 0.369. The van der Waals surface area contributed by atoms with E-state index in [1.807, 2.05) is 6.20 Å². The van der Waals surface area contributed by atoms with Crippen LogP contribution in [0.4, 0.5) is 0 Å². The Morgan fingerprint density at radius 2 is 2.56 bits per heavy atom. The second-order valence-corrected chi connectivity index (χ2v) is 4.51. The number of hydrogen-bond donors (Lipinski definition) is 2. The molecule has 2 heterocycles. The number of aromatic nitrogens is 2. The van der Waals surface area contributed by atoms with Gasteiger partial charge in [-0.2, -0.15) is 0 Å². The number of H-pyrrole nitrogens is 1. The van der Waals surface area contributed by atoms with Crippen molar-refractivity contribution in [1.29, 1.82) is 0 Å². The Kier molecular flexibility index (Phi) is 3.96. The van der Waals surface area contributed by atoms with Crippen LogP contribution in [0.2, 0.25) is 0 Å². The van der Waals surface area contributed by atoms with Gasteiger partial charge >= 0.3 is 0 Å². The molecule has 0 spiro atoms. The Balaban J connectivity index is 1.99. The Labute approximate surface area is 96.8 Å². The van der Waals surface area contributed by atoms with Gasteiger partial charge in [0.25, 0.3) is 0 Å². The number of rotatable bonds is 5. The van der Waals surface area contributed by atoms with E-state index in [1.54, 1.807) is 6.20 Å². The largest absolute Gasteiger partial charge is 0.376 e. The van der Waals surface area contributed by atoms with Gasteiger partial charge in [-0.3, -0.25) is 0 Å². The van der Waals surface area contributed by atoms with Gasteiger partial charge in [-0.25, -0.2) is 4.98 Å². The molecule has 0 aliphatic carbocycles. The van der Waals surface area contributed by atoms with Gasteiger partial charge in [-0.1, -0.05) is 13.8 Å². The summed E-state index contributed by atoms with van der Waals surface area (Å²) < 4.78 is 5.82. The zero-order valence-electron chi connectivity index (χ0n) is 10.1. The van der Waals surface area contributed by atoms with Crippen LogP contribution in [0.25, 0.3) is 0 Å². The van der Waals surface area contributed by atoms with Gasteiger partial charge in [-0.15, -0.1) is 0 Å². The molecule has 2 rings (SSSR count). The molecule has 0 saturated carbocycles. The third kappa shape index (κ3) is 2.62. The fourth-order valence-corrected chi connectivity index (χ4v) is 2.42. The van der Waals surface area contributed by atoms with Crippen molar-refractivity contribution in [3.05, 3.63) is 18.2 Å². The number of imidazole rings is 1. The molecule has 4 nitrogen and oxygen atoms in total. The smallest absolute Gasteiger partial charge is 0.107 e. The van der Waals surface area contributed by atoms with E-state index in [0.29, 0.717) is 18.1 Å². The van der Waals surface area contributed by atoms with Crippen molar-refractivity contribution in [2.75, 3.05) is 13.2 Å². The molecule has 1 aromatic rings. The number of ether oxygens (including phenoxy) is 1. The fourth-order valence-electron chi connectivity index (χ4n) is 2.42. The average Bonchev–Trinajstić information content (AvgIpc) is 2.88. The molecule has 1 aliphatic rings. The van der Waals surface area contributed by atoms with Crippen molar-refractivity contribution >= 4 is 0 Å². The van der Waals surface area contributed by atoms with E-state index in [2.05, 4.69) is 29.1 Å². The quantitative estimate of drug-likeness (QED) is 0.792. The Hall–Kier alpha value is -0.870. The molecule has 1 saturated heterocycles. The third-order valence-electron chi connectivity index (χ3n) is 3.28. The van der Waals surface area contributed by atoms with E-state index in [-0.39, 0.29) is 0 Å². The van der Waals surface area contributed by atoms with Crippen LogP contribution in [0, 0.1) is 5.92 Å². The molecule has 0 amide bonds. The minimum Gasteiger partial charge on any atom is -0.376 e. The molecule has 0 radical (unpaired) electrons. The number of aromatic amines is 1. The van der Waals surface area contributed by atoms with Gasteiger partial charge in [0, 0.05) is 31.5 Å². The Bertz CT molecular complexity index is 299. The molecule has 0 aromatic carbocycles. The maximum absolute atomic E-state index is 5.82. The van der Waals surface area contributed by atoms with Crippen molar-refractivity contribution in [1.82, 2.24) is 15.3 Å². The molecule has 0 bridgehead atoms. The maximum Gasteiger partial charge on any atom is 0.107 e. The van der Waals surface area contributed by atoms with E-state index in [1.165, 1.54) is 6.42 Å². The van der Waals surface area contributed by atoms with E-state index >= 15 is 0 Å². The molecule has 3 unspecified atom stereocenters. The first kappa shape index (κ1) is 11.6. The average molecular weight is 223 g/mol. The van der Waals surface area contributed by atoms with Crippen molar-refractivity contribution in [3.63, 3.8) is 0 Å². The minimum absolute atomic E-state index is 0.324. The second-order valence-electron chi connectivity index (χ2n) is 4.51. The Morgan fingerprint density at radius 3 is 3.12 bits per heavy atom. The van der Waals surface area contributed by atoms with Crippen LogP contribution in [0.15, 0.2) is 12.4 Å². The predicted octanol–water partition coefficient (Wildman–Crippen LogP) is 1.36. The molecule has 90 valence electrons. The monoisotopic (exact) mass is 223 g/mol. The predicted molar refractivity (Wildman–Crippen MR) is 63.3 cm³/mol. The van der Waals surface area contributed by atoms with Crippen LogP contribution in [-0.2, 0) is 11.2 Å². The lowest BCUT2D eigenvalue weighted by molar-refractivity contribution is 0.0609. The Morgan fingerprint density at radius 1 is 1.69 bits per heavy atom. The summed E-state index contributed by atoms with van der Waals surface area (Å²) in [6.07, 6.45) is 6.08. The first-order chi connectivity index (χ1) is 7.81. The van der Waals surface area contributed by atoms with Crippen LogP contribution in [0.3, 0.4) is 0 Å². The summed E-state index contributed by atoms with van der Waals surface area (Å²) >= 11 is 0. The van der Waals surface area contributed by atoms with Crippen LogP contribution < -0.4 is 5.32 Å². The fraction of sp³-hybridized carbons (Fsp3) is 0.750. The molecule has 16 heavy (non-hydrogen) atoms. The van der Waals surface area contributed by atoms with Crippen molar-refractivity contribution in [3.8, 4) is 0 Å². The van der Waals surface area contributed by atoms with E-state index in [4.69, 9.17) is 4.74 Å². The molecule has 2 N–H and O–H groups in total. The molecule has 3 atom stereocenters. The highest BCUT2D eigenvalue weighted by molar-refractivity contribution is 4.95. The lowest BCUT2D eigenvalue weighted by Gasteiger charge is -2.26. The van der Waals surface area contributed by atoms with Gasteiger partial charge in [0.15, 0.2) is 0 Å². The first-order valence-electron chi connectivity index (χ1n) is 6.14. The zero-order chi connectivity index (χ0) is 11.4. The van der Waals surface area contributed by atoms with Gasteiger partial charge in [0.05, 0.1) is 6.10 Å². The van der Waals surface area contributed by atoms with Gasteiger partial charge in [0.2, 0.25) is 0 Å². The van der Waals surface area contributed by atoms with E-state index < -0.39 is 0 Å². The molecular weight excluding hydrogens is 202 g/mol. The maximum atomic E-state index is 5.82. The normalized spacial score (nSPS) is 27.1. The van der Waals surface area contributed by atoms with Crippen molar-refractivity contribution < 1.29 is 4.74 Å². The van der Waals surface area contributed by atoms with Crippen LogP contribution in [0.1, 0.15) is 26.1 Å². The summed E-state index contributed by atoms with van der Waals surface area (Å²) in [5.74, 6) is 1.67. The highest BCUT2D eigenvalue weighted by atomic mass is 16.5. The van der Waals surface area contributed by atoms with Crippen molar-refractivity contribution in [2.24, 2.45) is 5.92 Å². The van der Waals surface area contributed by atoms with Crippen molar-refractivity contribution in [2.45, 2.75) is 38.8 Å². The molecule has 1 fully saturated rings. The highest BCUT2D eigenvalue weighted by Gasteiger charge is 2.31. The number of nitrogens with zero attached hydrogens (tertiary/aromatic N) is 1. The first-order valence-corrected chi connectivity index (χ1v) is 6.14. The second kappa shape index (κ2) is 5.46. The zero-order valence-corrected chi connectivity index (χ0v) is 10.1. The van der Waals surface area contributed by atoms with E-state index in [0.717, 1.165) is 25.4 Å². The third-order valence-corrected chi connectivity index (χ3v) is 3.28. The van der Waals surface area contributed by atoms with E-state index in [9.17, 15) is 0 Å². The highest BCUT2D eigenvalue weighted by Crippen LogP contribution is 2.24. The van der Waals surface area contributed by atoms with Gasteiger partial charge in [0.1, 0.15) is 5.82 Å². The number of hydrogen-bond acceptors (Lipinski definition) is 3. The molecular formula is C12H21N3O. The van der Waals surface area contributed by atoms with Crippen LogP contribution in [-0.4, -0.2) is 35.3 Å². The van der Waals surface area contributed by atoms with Gasteiger partial charge in [-0.05, 0) is 18.9 Å². The standard InChI is InChI=1S/C12H21N3O/c1-3-13-10(8-11-14-5-6-15-11)12-9(2)4-7-16-12/h5-6,9-10,12-13H,3-4,7-8H2,1-2H3,(H,14,15). The summed E-state index contributed by atoms with van der Waals surface area (Å²) in [5.41, 5.74) is 0. The number of nitrogens with one attached hydrogen (secondary N) is 2. The molecule has 1 aromatic heterocycles. The van der Waals surface area contributed by atoms with Crippen LogP contribution >= 0.6 is 0 Å². The summed E-state index contributed by atoms with van der Waals surface area (Å²) in [5, 5.41) is 3.51. The minimum atomic E-state index is 0.324. The lowest BCUT2D eigenvalue weighted by atomic mass is 9.95. The number of likely N-dealkylation sites (N-methyl/N-ethyl adjacent to an activating group) is 1. The summed E-state index contributed by atoms with van der Waals surface area (Å²) in [7, 11) is 0. The van der Waals surface area contributed by atoms with Crippen LogP contribution in [0.5, 0.6) is 0 Å². The molecule has 4 heteroatoms. The SMILES string of the molecule is CCNC(Cc1ncc[nH]1)C1OCCC1C. The summed E-state index contributed by atoms with van der Waals surface area (Å²) in [6.45, 7) is 6.27. The van der Waals surface area contributed by atoms with Gasteiger partial charge < -0.3 is 15.0 Å². The lowest BCUT2D eigenvalue weighted by Crippen LogP contribution is -2.44. The summed E-state index contributed by atoms with van der Waals surface area (Å²) in [4.78, 5) is 7.44. The topological polar surface area (TPSA) is 49.9 Å². The molecule has 1 aliphatic heterocycles.